The smallest absolute Gasteiger partial charge is 0.273 e. The van der Waals surface area contributed by atoms with Gasteiger partial charge in [0.15, 0.2) is 5.78 Å². The maximum Gasteiger partial charge on any atom is 0.273 e. The van der Waals surface area contributed by atoms with Crippen molar-refractivity contribution in [2.24, 2.45) is 0 Å². The van der Waals surface area contributed by atoms with E-state index < -0.39 is 0 Å². The van der Waals surface area contributed by atoms with Gasteiger partial charge in [0.1, 0.15) is 11.5 Å². The Kier molecular flexibility index (Phi) is 4.85. The number of amides is 1. The molecule has 3 heterocycles. The van der Waals surface area contributed by atoms with Gasteiger partial charge in [0, 0.05) is 24.3 Å². The minimum Gasteiger partial charge on any atom is -0.378 e. The molecule has 2 N–H and O–H groups in total. The van der Waals surface area contributed by atoms with E-state index in [9.17, 15) is 9.59 Å². The summed E-state index contributed by atoms with van der Waals surface area (Å²) in [6.45, 7) is 8.14. The van der Waals surface area contributed by atoms with Crippen molar-refractivity contribution in [1.29, 1.82) is 0 Å². The minimum atomic E-state index is -0.306. The van der Waals surface area contributed by atoms with E-state index in [0.29, 0.717) is 41.5 Å². The molecule has 2 aromatic rings. The summed E-state index contributed by atoms with van der Waals surface area (Å²) in [5.74, 6) is 0.107. The summed E-state index contributed by atoms with van der Waals surface area (Å²) in [6, 6.07) is 3.71. The average molecular weight is 342 g/mol. The zero-order valence-electron chi connectivity index (χ0n) is 14.7. The molecule has 0 aliphatic carbocycles. The number of hydrogen-bond acceptors (Lipinski definition) is 5. The third-order valence-electron chi connectivity index (χ3n) is 4.38. The van der Waals surface area contributed by atoms with E-state index >= 15 is 0 Å². The molecule has 1 saturated heterocycles. The number of carbonyl (C=O) groups excluding carboxylic acids is 2. The number of ether oxygens (including phenoxy) is 1. The average Bonchev–Trinajstić information content (AvgIpc) is 2.91. The Morgan fingerprint density at radius 2 is 1.96 bits per heavy atom. The van der Waals surface area contributed by atoms with E-state index in [-0.39, 0.29) is 11.7 Å². The molecule has 0 unspecified atom stereocenters. The molecule has 0 atom stereocenters. The molecular weight excluding hydrogens is 320 g/mol. The Balaban J connectivity index is 1.73. The number of nitrogens with zero attached hydrogens (tertiary/aromatic N) is 2. The van der Waals surface area contributed by atoms with Crippen LogP contribution >= 0.6 is 0 Å². The van der Waals surface area contributed by atoms with Gasteiger partial charge < -0.3 is 19.9 Å². The monoisotopic (exact) mass is 342 g/mol. The number of hydrogen-bond donors (Lipinski definition) is 2. The number of H-pyrrole nitrogens is 1. The van der Waals surface area contributed by atoms with Gasteiger partial charge in [-0.1, -0.05) is 0 Å². The van der Waals surface area contributed by atoms with Crippen LogP contribution in [-0.4, -0.2) is 48.0 Å². The summed E-state index contributed by atoms with van der Waals surface area (Å²) in [5, 5.41) is 2.77. The molecule has 0 saturated carbocycles. The number of ketones is 1. The lowest BCUT2D eigenvalue weighted by Gasteiger charge is -2.28. The molecule has 1 fully saturated rings. The molecule has 0 radical (unpaired) electrons. The molecule has 1 aliphatic rings. The predicted octanol–water partition coefficient (Wildman–Crippen LogP) is 2.32. The number of morpholine rings is 1. The highest BCUT2D eigenvalue weighted by atomic mass is 16.5. The van der Waals surface area contributed by atoms with E-state index in [1.54, 1.807) is 26.1 Å². The number of aryl methyl sites for hydroxylation is 1. The molecule has 0 spiro atoms. The van der Waals surface area contributed by atoms with Gasteiger partial charge in [0.2, 0.25) is 0 Å². The Morgan fingerprint density at radius 1 is 1.24 bits per heavy atom. The van der Waals surface area contributed by atoms with Crippen molar-refractivity contribution in [3.05, 3.63) is 40.8 Å². The summed E-state index contributed by atoms with van der Waals surface area (Å²) >= 11 is 0. The number of Topliss-reactive ketones (excluding diaryl/α,β-unsaturated/α-hetero) is 1. The SMILES string of the molecule is CC(=O)c1c(C)[nH]c(C(=O)Nc2ccc(N3CCOCC3)cn2)c1C. The Bertz CT molecular complexity index is 789. The van der Waals surface area contributed by atoms with E-state index in [0.717, 1.165) is 18.8 Å². The van der Waals surface area contributed by atoms with Crippen LogP contribution in [0.15, 0.2) is 18.3 Å². The molecular formula is C18H22N4O3. The van der Waals surface area contributed by atoms with Gasteiger partial charge in [-0.3, -0.25) is 9.59 Å². The quantitative estimate of drug-likeness (QED) is 0.833. The summed E-state index contributed by atoms with van der Waals surface area (Å²) in [5.41, 5.74) is 3.33. The number of nitrogens with one attached hydrogen (secondary N) is 2. The minimum absolute atomic E-state index is 0.0571. The van der Waals surface area contributed by atoms with Crippen molar-refractivity contribution in [2.45, 2.75) is 20.8 Å². The van der Waals surface area contributed by atoms with Crippen molar-refractivity contribution in [3.63, 3.8) is 0 Å². The first-order valence-electron chi connectivity index (χ1n) is 8.27. The van der Waals surface area contributed by atoms with Gasteiger partial charge in [-0.2, -0.15) is 0 Å². The molecule has 7 heteroatoms. The predicted molar refractivity (Wildman–Crippen MR) is 95.5 cm³/mol. The third-order valence-corrected chi connectivity index (χ3v) is 4.38. The number of anilines is 2. The van der Waals surface area contributed by atoms with E-state index in [1.807, 2.05) is 6.07 Å². The topological polar surface area (TPSA) is 87.3 Å². The maximum absolute atomic E-state index is 12.5. The van der Waals surface area contributed by atoms with E-state index in [1.165, 1.54) is 6.92 Å². The van der Waals surface area contributed by atoms with Crippen LogP contribution in [0.2, 0.25) is 0 Å². The summed E-state index contributed by atoms with van der Waals surface area (Å²) in [6.07, 6.45) is 1.74. The molecule has 1 amide bonds. The van der Waals surface area contributed by atoms with Crippen molar-refractivity contribution < 1.29 is 14.3 Å². The van der Waals surface area contributed by atoms with Crippen LogP contribution in [0.5, 0.6) is 0 Å². The first-order valence-corrected chi connectivity index (χ1v) is 8.27. The number of aromatic amines is 1. The highest BCUT2D eigenvalue weighted by molar-refractivity contribution is 6.07. The van der Waals surface area contributed by atoms with Crippen LogP contribution < -0.4 is 10.2 Å². The van der Waals surface area contributed by atoms with E-state index in [4.69, 9.17) is 4.74 Å². The summed E-state index contributed by atoms with van der Waals surface area (Å²) in [4.78, 5) is 33.7. The first-order chi connectivity index (χ1) is 12.0. The van der Waals surface area contributed by atoms with Crippen LogP contribution in [0.25, 0.3) is 0 Å². The van der Waals surface area contributed by atoms with Gasteiger partial charge in [-0.15, -0.1) is 0 Å². The first kappa shape index (κ1) is 17.2. The fourth-order valence-corrected chi connectivity index (χ4v) is 3.15. The second-order valence-corrected chi connectivity index (χ2v) is 6.14. The van der Waals surface area contributed by atoms with Gasteiger partial charge in [0.05, 0.1) is 25.1 Å². The molecule has 0 aromatic carbocycles. The molecule has 2 aromatic heterocycles. The van der Waals surface area contributed by atoms with Gasteiger partial charge >= 0.3 is 0 Å². The lowest BCUT2D eigenvalue weighted by molar-refractivity contribution is 0.101. The number of carbonyl (C=O) groups is 2. The Hall–Kier alpha value is -2.67. The second kappa shape index (κ2) is 7.06. The molecule has 132 valence electrons. The summed E-state index contributed by atoms with van der Waals surface area (Å²) in [7, 11) is 0. The van der Waals surface area contributed by atoms with Crippen molar-refractivity contribution in [2.75, 3.05) is 36.5 Å². The zero-order chi connectivity index (χ0) is 18.0. The van der Waals surface area contributed by atoms with E-state index in [2.05, 4.69) is 20.2 Å². The number of pyridine rings is 1. The van der Waals surface area contributed by atoms with Crippen molar-refractivity contribution in [1.82, 2.24) is 9.97 Å². The zero-order valence-corrected chi connectivity index (χ0v) is 14.7. The van der Waals surface area contributed by atoms with Crippen LogP contribution in [-0.2, 0) is 4.74 Å². The molecule has 1 aliphatic heterocycles. The lowest BCUT2D eigenvalue weighted by atomic mass is 10.1. The van der Waals surface area contributed by atoms with Crippen molar-refractivity contribution >= 4 is 23.2 Å². The summed E-state index contributed by atoms with van der Waals surface area (Å²) < 4.78 is 5.34. The number of aromatic nitrogens is 2. The lowest BCUT2D eigenvalue weighted by Crippen LogP contribution is -2.36. The normalized spacial score (nSPS) is 14.4. The Labute approximate surface area is 146 Å². The molecule has 0 bridgehead atoms. The fraction of sp³-hybridized carbons (Fsp3) is 0.389. The Morgan fingerprint density at radius 3 is 2.52 bits per heavy atom. The molecule has 3 rings (SSSR count). The fourth-order valence-electron chi connectivity index (χ4n) is 3.15. The maximum atomic E-state index is 12.5. The van der Waals surface area contributed by atoms with Crippen LogP contribution in [0.3, 0.4) is 0 Å². The highest BCUT2D eigenvalue weighted by Gasteiger charge is 2.20. The van der Waals surface area contributed by atoms with Crippen LogP contribution in [0, 0.1) is 13.8 Å². The van der Waals surface area contributed by atoms with Crippen LogP contribution in [0.4, 0.5) is 11.5 Å². The van der Waals surface area contributed by atoms with Crippen LogP contribution in [0.1, 0.15) is 39.0 Å². The van der Waals surface area contributed by atoms with Gasteiger partial charge in [-0.25, -0.2) is 4.98 Å². The van der Waals surface area contributed by atoms with Gasteiger partial charge in [-0.05, 0) is 38.5 Å². The third kappa shape index (κ3) is 3.56. The largest absolute Gasteiger partial charge is 0.378 e. The van der Waals surface area contributed by atoms with Gasteiger partial charge in [0.25, 0.3) is 5.91 Å². The number of rotatable bonds is 4. The highest BCUT2D eigenvalue weighted by Crippen LogP contribution is 2.20. The second-order valence-electron chi connectivity index (χ2n) is 6.14. The molecule has 7 nitrogen and oxygen atoms in total. The molecule has 25 heavy (non-hydrogen) atoms. The van der Waals surface area contributed by atoms with Crippen molar-refractivity contribution in [3.8, 4) is 0 Å². The standard InChI is InChI=1S/C18H22N4O3/c1-11-16(13(3)23)12(2)20-17(11)18(24)21-15-5-4-14(10-19-15)22-6-8-25-9-7-22/h4-5,10,20H,6-9H2,1-3H3,(H,19,21,24).